The lowest BCUT2D eigenvalue weighted by atomic mass is 9.94. The lowest BCUT2D eigenvalue weighted by Gasteiger charge is -2.35. The molecule has 0 spiro atoms. The molecule has 0 aliphatic carbocycles. The van der Waals surface area contributed by atoms with E-state index in [1.807, 2.05) is 25.7 Å². The Morgan fingerprint density at radius 2 is 1.29 bits per heavy atom. The number of rotatable bonds is 19. The minimum atomic E-state index is -0.409. The number of ether oxygens (including phenoxy) is 1. The molecule has 202 valence electrons. The van der Waals surface area contributed by atoms with Crippen LogP contribution in [0.4, 0.5) is 4.79 Å². The van der Waals surface area contributed by atoms with Crippen molar-refractivity contribution in [3.05, 3.63) is 0 Å². The first-order valence-corrected chi connectivity index (χ1v) is 15.1. The van der Waals surface area contributed by atoms with Gasteiger partial charge in [-0.15, -0.1) is 0 Å². The number of amides is 1. The van der Waals surface area contributed by atoms with Gasteiger partial charge in [0.2, 0.25) is 0 Å². The zero-order chi connectivity index (χ0) is 25.1. The molecule has 34 heavy (non-hydrogen) atoms. The Kier molecular flexibility index (Phi) is 17.9. The molecule has 1 fully saturated rings. The average Bonchev–Trinajstić information content (AvgIpc) is 2.80. The molecule has 1 heterocycles. The van der Waals surface area contributed by atoms with Crippen LogP contribution < -0.4 is 0 Å². The number of piperidine rings is 1. The highest BCUT2D eigenvalue weighted by atomic mass is 16.6. The first kappa shape index (κ1) is 31.3. The van der Waals surface area contributed by atoms with Crippen LogP contribution in [-0.2, 0) is 4.74 Å². The number of carbonyl (C=O) groups excluding carboxylic acids is 1. The summed E-state index contributed by atoms with van der Waals surface area (Å²) in [5.74, 6) is 0.617. The summed E-state index contributed by atoms with van der Waals surface area (Å²) in [5.41, 5.74) is -0.409. The van der Waals surface area contributed by atoms with Crippen LogP contribution >= 0.6 is 0 Å². The maximum absolute atomic E-state index is 12.5. The summed E-state index contributed by atoms with van der Waals surface area (Å²) in [7, 11) is 0. The highest BCUT2D eigenvalue weighted by Crippen LogP contribution is 2.22. The monoisotopic (exact) mass is 480 g/mol. The second-order valence-electron chi connectivity index (χ2n) is 11.8. The normalized spacial score (nSPS) is 16.9. The van der Waals surface area contributed by atoms with Crippen LogP contribution in [0.5, 0.6) is 0 Å². The zero-order valence-corrected chi connectivity index (χ0v) is 23.8. The molecule has 4 nitrogen and oxygen atoms in total. The van der Waals surface area contributed by atoms with E-state index in [0.29, 0.717) is 5.92 Å². The predicted octanol–water partition coefficient (Wildman–Crippen LogP) is 8.83. The van der Waals surface area contributed by atoms with Gasteiger partial charge in [0.15, 0.2) is 0 Å². The molecule has 0 bridgehead atoms. The van der Waals surface area contributed by atoms with Gasteiger partial charge in [-0.05, 0) is 78.4 Å². The van der Waals surface area contributed by atoms with Crippen molar-refractivity contribution in [2.24, 2.45) is 5.92 Å². The summed E-state index contributed by atoms with van der Waals surface area (Å²) in [4.78, 5) is 17.2. The Bertz CT molecular complexity index is 471. The Morgan fingerprint density at radius 1 is 0.794 bits per heavy atom. The molecule has 1 aliphatic heterocycles. The van der Waals surface area contributed by atoms with Crippen molar-refractivity contribution in [2.45, 2.75) is 149 Å². The van der Waals surface area contributed by atoms with Gasteiger partial charge in [0.1, 0.15) is 5.60 Å². The van der Waals surface area contributed by atoms with E-state index in [0.717, 1.165) is 19.5 Å². The molecule has 0 N–H and O–H groups in total. The molecular weight excluding hydrogens is 420 g/mol. The predicted molar refractivity (Wildman–Crippen MR) is 148 cm³/mol. The van der Waals surface area contributed by atoms with Gasteiger partial charge in [-0.25, -0.2) is 4.79 Å². The minimum Gasteiger partial charge on any atom is -0.444 e. The Balaban J connectivity index is 2.38. The second kappa shape index (κ2) is 19.4. The summed E-state index contributed by atoms with van der Waals surface area (Å²) in [6, 6.07) is 0. The molecule has 1 aliphatic rings. The Hall–Kier alpha value is -0.770. The van der Waals surface area contributed by atoms with E-state index in [1.54, 1.807) is 0 Å². The summed E-state index contributed by atoms with van der Waals surface area (Å²) < 4.78 is 5.63. The van der Waals surface area contributed by atoms with Gasteiger partial charge in [0.25, 0.3) is 0 Å². The van der Waals surface area contributed by atoms with Crippen LogP contribution in [0.1, 0.15) is 144 Å². The summed E-state index contributed by atoms with van der Waals surface area (Å²) in [6.07, 6.45) is 22.8. The summed E-state index contributed by atoms with van der Waals surface area (Å²) in [5, 5.41) is 0. The standard InChI is InChI=1S/C30H60N2O2/c1-6-8-10-12-14-16-18-23-31(24-19-17-15-13-11-9-7-2)26-22-28-21-20-25-32(27-28)29(33)34-30(3,4)5/h28H,6-27H2,1-5H3. The number of hydrogen-bond acceptors (Lipinski definition) is 3. The number of unbranched alkanes of at least 4 members (excludes halogenated alkanes) is 12. The molecule has 0 aromatic rings. The molecule has 0 radical (unpaired) electrons. The van der Waals surface area contributed by atoms with Gasteiger partial charge >= 0.3 is 6.09 Å². The minimum absolute atomic E-state index is 0.125. The Labute approximate surface area is 213 Å². The van der Waals surface area contributed by atoms with E-state index in [-0.39, 0.29) is 6.09 Å². The highest BCUT2D eigenvalue weighted by molar-refractivity contribution is 5.68. The molecule has 0 aromatic heterocycles. The maximum atomic E-state index is 12.5. The van der Waals surface area contributed by atoms with Crippen molar-refractivity contribution in [3.63, 3.8) is 0 Å². The third-order valence-corrected chi connectivity index (χ3v) is 7.18. The van der Waals surface area contributed by atoms with Crippen LogP contribution in [0.3, 0.4) is 0 Å². The van der Waals surface area contributed by atoms with Crippen LogP contribution in [0.15, 0.2) is 0 Å². The highest BCUT2D eigenvalue weighted by Gasteiger charge is 2.27. The summed E-state index contributed by atoms with van der Waals surface area (Å²) in [6.45, 7) is 15.9. The second-order valence-corrected chi connectivity index (χ2v) is 11.8. The van der Waals surface area contributed by atoms with Crippen molar-refractivity contribution in [1.82, 2.24) is 9.80 Å². The van der Waals surface area contributed by atoms with Crippen LogP contribution in [0, 0.1) is 5.92 Å². The van der Waals surface area contributed by atoms with E-state index in [4.69, 9.17) is 4.74 Å². The molecule has 1 saturated heterocycles. The van der Waals surface area contributed by atoms with Crippen molar-refractivity contribution in [3.8, 4) is 0 Å². The van der Waals surface area contributed by atoms with Gasteiger partial charge in [0, 0.05) is 13.1 Å². The molecular formula is C30H60N2O2. The van der Waals surface area contributed by atoms with Crippen molar-refractivity contribution in [2.75, 3.05) is 32.7 Å². The topological polar surface area (TPSA) is 32.8 Å². The van der Waals surface area contributed by atoms with E-state index < -0.39 is 5.60 Å². The molecule has 1 amide bonds. The van der Waals surface area contributed by atoms with Crippen LogP contribution in [0.25, 0.3) is 0 Å². The first-order chi connectivity index (χ1) is 16.4. The number of likely N-dealkylation sites (tertiary alicyclic amines) is 1. The third kappa shape index (κ3) is 16.8. The van der Waals surface area contributed by atoms with Gasteiger partial charge < -0.3 is 14.5 Å². The third-order valence-electron chi connectivity index (χ3n) is 7.18. The molecule has 0 aromatic carbocycles. The van der Waals surface area contributed by atoms with Crippen molar-refractivity contribution >= 4 is 6.09 Å². The molecule has 0 saturated carbocycles. The Morgan fingerprint density at radius 3 is 1.79 bits per heavy atom. The quantitative estimate of drug-likeness (QED) is 0.173. The van der Waals surface area contributed by atoms with Gasteiger partial charge in [-0.1, -0.05) is 90.9 Å². The van der Waals surface area contributed by atoms with Crippen molar-refractivity contribution in [1.29, 1.82) is 0 Å². The number of hydrogen-bond donors (Lipinski definition) is 0. The molecule has 4 heteroatoms. The van der Waals surface area contributed by atoms with Crippen LogP contribution in [-0.4, -0.2) is 54.2 Å². The van der Waals surface area contributed by atoms with Gasteiger partial charge in [0.05, 0.1) is 0 Å². The smallest absolute Gasteiger partial charge is 0.410 e. The number of nitrogens with zero attached hydrogens (tertiary/aromatic N) is 2. The van der Waals surface area contributed by atoms with E-state index >= 15 is 0 Å². The van der Waals surface area contributed by atoms with Crippen molar-refractivity contribution < 1.29 is 9.53 Å². The van der Waals surface area contributed by atoms with Gasteiger partial charge in [-0.3, -0.25) is 0 Å². The first-order valence-electron chi connectivity index (χ1n) is 15.1. The van der Waals surface area contributed by atoms with Crippen LogP contribution in [0.2, 0.25) is 0 Å². The fourth-order valence-corrected chi connectivity index (χ4v) is 5.08. The fourth-order valence-electron chi connectivity index (χ4n) is 5.08. The fraction of sp³-hybridized carbons (Fsp3) is 0.967. The molecule has 1 atom stereocenters. The average molecular weight is 481 g/mol. The summed E-state index contributed by atoms with van der Waals surface area (Å²) >= 11 is 0. The van der Waals surface area contributed by atoms with E-state index in [9.17, 15) is 4.79 Å². The zero-order valence-electron chi connectivity index (χ0n) is 23.8. The lowest BCUT2D eigenvalue weighted by molar-refractivity contribution is 0.0156. The van der Waals surface area contributed by atoms with E-state index in [2.05, 4.69) is 18.7 Å². The maximum Gasteiger partial charge on any atom is 0.410 e. The molecule has 1 unspecified atom stereocenters. The lowest BCUT2D eigenvalue weighted by Crippen LogP contribution is -2.43. The number of carbonyl (C=O) groups is 1. The van der Waals surface area contributed by atoms with Gasteiger partial charge in [-0.2, -0.15) is 0 Å². The largest absolute Gasteiger partial charge is 0.444 e. The van der Waals surface area contributed by atoms with E-state index in [1.165, 1.54) is 122 Å². The molecule has 1 rings (SSSR count). The SMILES string of the molecule is CCCCCCCCCN(CCCCCCCCC)CCC1CCCN(C(=O)OC(C)(C)C)C1.